The van der Waals surface area contributed by atoms with E-state index in [1.54, 1.807) is 6.20 Å². The summed E-state index contributed by atoms with van der Waals surface area (Å²) >= 11 is 0. The van der Waals surface area contributed by atoms with E-state index in [-0.39, 0.29) is 11.3 Å². The lowest BCUT2D eigenvalue weighted by molar-refractivity contribution is -0.384. The third kappa shape index (κ3) is 2.98. The number of carboxylic acid groups (broad SMARTS) is 1. The fourth-order valence-corrected chi connectivity index (χ4v) is 2.42. The Kier molecular flexibility index (Phi) is 3.62. The second kappa shape index (κ2) is 5.59. The molecule has 1 aliphatic rings. The zero-order valence-electron chi connectivity index (χ0n) is 11.8. The van der Waals surface area contributed by atoms with Crippen molar-refractivity contribution in [3.8, 4) is 0 Å². The maximum Gasteiger partial charge on any atom is 0.336 e. The van der Waals surface area contributed by atoms with Crippen LogP contribution in [0.25, 0.3) is 0 Å². The van der Waals surface area contributed by atoms with E-state index in [1.807, 2.05) is 10.9 Å². The van der Waals surface area contributed by atoms with E-state index in [4.69, 9.17) is 0 Å². The molecule has 1 fully saturated rings. The largest absolute Gasteiger partial charge is 0.478 e. The van der Waals surface area contributed by atoms with Crippen LogP contribution in [0.5, 0.6) is 0 Å². The number of carbonyl (C=O) groups is 1. The number of nitro benzene ring substituents is 1. The highest BCUT2D eigenvalue weighted by Crippen LogP contribution is 2.34. The molecule has 7 heteroatoms. The summed E-state index contributed by atoms with van der Waals surface area (Å²) in [7, 11) is 0. The van der Waals surface area contributed by atoms with Crippen LogP contribution in [0.4, 0.5) is 5.69 Å². The number of aryl methyl sites for hydroxylation is 2. The van der Waals surface area contributed by atoms with Crippen molar-refractivity contribution in [2.75, 3.05) is 0 Å². The minimum atomic E-state index is -1.15. The summed E-state index contributed by atoms with van der Waals surface area (Å²) in [4.78, 5) is 21.4. The van der Waals surface area contributed by atoms with Crippen molar-refractivity contribution in [1.82, 2.24) is 9.78 Å². The highest BCUT2D eigenvalue weighted by Gasteiger charge is 2.24. The number of carboxylic acids is 1. The Morgan fingerprint density at radius 2 is 2.18 bits per heavy atom. The van der Waals surface area contributed by atoms with E-state index in [9.17, 15) is 20.0 Å². The first-order valence-electron chi connectivity index (χ1n) is 7.08. The third-order valence-electron chi connectivity index (χ3n) is 3.79. The second-order valence-corrected chi connectivity index (χ2v) is 5.46. The molecular formula is C15H15N3O4. The van der Waals surface area contributed by atoms with Gasteiger partial charge in [0, 0.05) is 18.3 Å². The molecule has 0 amide bonds. The Balaban J connectivity index is 1.75. The Hall–Kier alpha value is -2.70. The fourth-order valence-electron chi connectivity index (χ4n) is 2.42. The van der Waals surface area contributed by atoms with E-state index in [2.05, 4.69) is 5.10 Å². The van der Waals surface area contributed by atoms with Gasteiger partial charge >= 0.3 is 5.97 Å². The van der Waals surface area contributed by atoms with Gasteiger partial charge < -0.3 is 5.11 Å². The van der Waals surface area contributed by atoms with Gasteiger partial charge in [0.05, 0.1) is 22.7 Å². The Morgan fingerprint density at radius 3 is 2.82 bits per heavy atom. The Bertz CT molecular complexity index is 734. The first kappa shape index (κ1) is 14.2. The second-order valence-electron chi connectivity index (χ2n) is 5.46. The van der Waals surface area contributed by atoms with Gasteiger partial charge in [-0.3, -0.25) is 14.8 Å². The van der Waals surface area contributed by atoms with Crippen LogP contribution in [0, 0.1) is 10.1 Å². The quantitative estimate of drug-likeness (QED) is 0.653. The molecule has 2 aromatic rings. The molecule has 1 N–H and O–H groups in total. The summed E-state index contributed by atoms with van der Waals surface area (Å²) in [5.41, 5.74) is 1.42. The SMILES string of the molecule is O=C(O)c1cc([N+](=O)[O-])ccc1CCc1cnn(C2CC2)c1. The lowest BCUT2D eigenvalue weighted by Crippen LogP contribution is -2.05. The molecule has 1 aliphatic carbocycles. The fraction of sp³-hybridized carbons (Fsp3) is 0.333. The number of hydrogen-bond donors (Lipinski definition) is 1. The molecule has 0 bridgehead atoms. The number of benzene rings is 1. The van der Waals surface area contributed by atoms with Crippen molar-refractivity contribution in [2.45, 2.75) is 31.7 Å². The summed E-state index contributed by atoms with van der Waals surface area (Å²) < 4.78 is 1.95. The summed E-state index contributed by atoms with van der Waals surface area (Å²) in [5, 5.41) is 24.3. The molecule has 7 nitrogen and oxygen atoms in total. The smallest absolute Gasteiger partial charge is 0.336 e. The van der Waals surface area contributed by atoms with Gasteiger partial charge in [0.2, 0.25) is 0 Å². The van der Waals surface area contributed by atoms with E-state index in [0.29, 0.717) is 24.4 Å². The zero-order valence-corrected chi connectivity index (χ0v) is 11.8. The van der Waals surface area contributed by atoms with E-state index in [1.165, 1.54) is 12.1 Å². The van der Waals surface area contributed by atoms with E-state index in [0.717, 1.165) is 24.5 Å². The minimum absolute atomic E-state index is 0.0104. The number of hydrogen-bond acceptors (Lipinski definition) is 4. The highest BCUT2D eigenvalue weighted by molar-refractivity contribution is 5.90. The molecular weight excluding hydrogens is 286 g/mol. The standard InChI is InChI=1S/C15H15N3O4/c19-15(20)14-7-13(18(21)22)4-3-11(14)2-1-10-8-16-17(9-10)12-5-6-12/h3-4,7-9,12H,1-2,5-6H2,(H,19,20). The van der Waals surface area contributed by atoms with Crippen molar-refractivity contribution in [1.29, 1.82) is 0 Å². The summed E-state index contributed by atoms with van der Waals surface area (Å²) in [6.07, 6.45) is 7.27. The number of aromatic carboxylic acids is 1. The van der Waals surface area contributed by atoms with Crippen molar-refractivity contribution in [3.05, 3.63) is 57.4 Å². The third-order valence-corrected chi connectivity index (χ3v) is 3.79. The van der Waals surface area contributed by atoms with Crippen LogP contribution in [0.2, 0.25) is 0 Å². The number of nitro groups is 1. The van der Waals surface area contributed by atoms with Crippen molar-refractivity contribution >= 4 is 11.7 Å². The monoisotopic (exact) mass is 301 g/mol. The first-order chi connectivity index (χ1) is 10.5. The lowest BCUT2D eigenvalue weighted by atomic mass is 10.0. The van der Waals surface area contributed by atoms with Crippen LogP contribution in [0.15, 0.2) is 30.6 Å². The van der Waals surface area contributed by atoms with Crippen LogP contribution < -0.4 is 0 Å². The molecule has 3 rings (SSSR count). The average Bonchev–Trinajstić information content (AvgIpc) is 3.23. The maximum atomic E-state index is 11.3. The lowest BCUT2D eigenvalue weighted by Gasteiger charge is -2.05. The van der Waals surface area contributed by atoms with E-state index >= 15 is 0 Å². The molecule has 1 saturated carbocycles. The van der Waals surface area contributed by atoms with Crippen LogP contribution >= 0.6 is 0 Å². The van der Waals surface area contributed by atoms with Gasteiger partial charge in [-0.25, -0.2) is 4.79 Å². The van der Waals surface area contributed by atoms with E-state index < -0.39 is 10.9 Å². The van der Waals surface area contributed by atoms with Crippen molar-refractivity contribution < 1.29 is 14.8 Å². The van der Waals surface area contributed by atoms with Gasteiger partial charge in [0.25, 0.3) is 5.69 Å². The molecule has 0 atom stereocenters. The molecule has 0 unspecified atom stereocenters. The molecule has 22 heavy (non-hydrogen) atoms. The predicted molar refractivity (Wildman–Crippen MR) is 78.0 cm³/mol. The van der Waals surface area contributed by atoms with Gasteiger partial charge in [-0.1, -0.05) is 6.07 Å². The normalized spacial score (nSPS) is 14.0. The molecule has 0 radical (unpaired) electrons. The van der Waals surface area contributed by atoms with Gasteiger partial charge in [-0.15, -0.1) is 0 Å². The maximum absolute atomic E-state index is 11.3. The molecule has 114 valence electrons. The highest BCUT2D eigenvalue weighted by atomic mass is 16.6. The summed E-state index contributed by atoms with van der Waals surface area (Å²) in [5.74, 6) is -1.15. The first-order valence-corrected chi connectivity index (χ1v) is 7.08. The summed E-state index contributed by atoms with van der Waals surface area (Å²) in [6, 6.07) is 4.50. The Labute approximate surface area is 126 Å². The molecule has 0 spiro atoms. The average molecular weight is 301 g/mol. The molecule has 1 heterocycles. The van der Waals surface area contributed by atoms with Gasteiger partial charge in [-0.05, 0) is 36.8 Å². The number of nitrogens with zero attached hydrogens (tertiary/aromatic N) is 3. The van der Waals surface area contributed by atoms with Gasteiger partial charge in [0.1, 0.15) is 0 Å². The molecule has 0 aliphatic heterocycles. The minimum Gasteiger partial charge on any atom is -0.478 e. The van der Waals surface area contributed by atoms with Crippen LogP contribution in [0.1, 0.15) is 40.4 Å². The van der Waals surface area contributed by atoms with Gasteiger partial charge in [-0.2, -0.15) is 5.10 Å². The molecule has 1 aromatic carbocycles. The molecule has 1 aromatic heterocycles. The van der Waals surface area contributed by atoms with Crippen LogP contribution in [-0.2, 0) is 12.8 Å². The topological polar surface area (TPSA) is 98.3 Å². The number of rotatable bonds is 6. The summed E-state index contributed by atoms with van der Waals surface area (Å²) in [6.45, 7) is 0. The zero-order chi connectivity index (χ0) is 15.7. The Morgan fingerprint density at radius 1 is 1.41 bits per heavy atom. The molecule has 0 saturated heterocycles. The predicted octanol–water partition coefficient (Wildman–Crippen LogP) is 2.61. The van der Waals surface area contributed by atoms with Crippen molar-refractivity contribution in [2.24, 2.45) is 0 Å². The van der Waals surface area contributed by atoms with Crippen LogP contribution in [-0.4, -0.2) is 25.8 Å². The number of aromatic nitrogens is 2. The number of non-ortho nitro benzene ring substituents is 1. The van der Waals surface area contributed by atoms with Gasteiger partial charge in [0.15, 0.2) is 0 Å². The van der Waals surface area contributed by atoms with Crippen LogP contribution in [0.3, 0.4) is 0 Å². The van der Waals surface area contributed by atoms with Crippen molar-refractivity contribution in [3.63, 3.8) is 0 Å².